The molecule has 0 radical (unpaired) electrons. The number of methoxy groups -OCH3 is 1. The first-order valence-corrected chi connectivity index (χ1v) is 13.7. The van der Waals surface area contributed by atoms with Crippen molar-refractivity contribution in [3.8, 4) is 11.5 Å². The van der Waals surface area contributed by atoms with Crippen molar-refractivity contribution in [2.45, 2.75) is 31.2 Å². The van der Waals surface area contributed by atoms with E-state index in [-0.39, 0.29) is 10.0 Å². The van der Waals surface area contributed by atoms with Crippen LogP contribution >= 0.6 is 11.6 Å². The largest absolute Gasteiger partial charge is 0.497 e. The van der Waals surface area contributed by atoms with Gasteiger partial charge in [0.2, 0.25) is 0 Å². The SMILES string of the molecule is CCOc1ccc2cc([C@H]3CC(c4ccc(OC)cc4)=NN3S(=O)(=O)c3ccc(C)cc3)c(Cl)nc2c1. The van der Waals surface area contributed by atoms with Gasteiger partial charge in [-0.25, -0.2) is 4.98 Å². The van der Waals surface area contributed by atoms with Crippen molar-refractivity contribution < 1.29 is 17.9 Å². The highest BCUT2D eigenvalue weighted by Gasteiger charge is 2.39. The predicted molar refractivity (Wildman–Crippen MR) is 145 cm³/mol. The molecule has 7 nitrogen and oxygen atoms in total. The van der Waals surface area contributed by atoms with E-state index in [9.17, 15) is 8.42 Å². The molecule has 1 aliphatic rings. The number of pyridine rings is 1. The summed E-state index contributed by atoms with van der Waals surface area (Å²) in [7, 11) is -2.38. The van der Waals surface area contributed by atoms with Gasteiger partial charge < -0.3 is 9.47 Å². The fourth-order valence-corrected chi connectivity index (χ4v) is 6.04. The third kappa shape index (κ3) is 4.86. The zero-order valence-corrected chi connectivity index (χ0v) is 22.3. The van der Waals surface area contributed by atoms with Crippen molar-refractivity contribution in [3.63, 3.8) is 0 Å². The van der Waals surface area contributed by atoms with E-state index in [4.69, 9.17) is 21.1 Å². The van der Waals surface area contributed by atoms with Crippen LogP contribution in [0.25, 0.3) is 10.9 Å². The van der Waals surface area contributed by atoms with Gasteiger partial charge in [-0.05, 0) is 74.0 Å². The van der Waals surface area contributed by atoms with Gasteiger partial charge in [-0.3, -0.25) is 0 Å². The lowest BCUT2D eigenvalue weighted by atomic mass is 9.99. The van der Waals surface area contributed by atoms with Crippen LogP contribution in [0.3, 0.4) is 0 Å². The van der Waals surface area contributed by atoms with E-state index in [1.165, 1.54) is 4.41 Å². The second kappa shape index (κ2) is 10.0. The maximum atomic E-state index is 13.8. The maximum absolute atomic E-state index is 13.8. The van der Waals surface area contributed by atoms with Crippen molar-refractivity contribution in [3.05, 3.63) is 94.6 Å². The number of halogens is 1. The monoisotopic (exact) mass is 535 g/mol. The summed E-state index contributed by atoms with van der Waals surface area (Å²) in [4.78, 5) is 4.74. The lowest BCUT2D eigenvalue weighted by Gasteiger charge is -2.24. The number of hydrogen-bond acceptors (Lipinski definition) is 6. The highest BCUT2D eigenvalue weighted by Crippen LogP contribution is 2.40. The molecule has 0 saturated heterocycles. The molecule has 0 amide bonds. The molecule has 1 aliphatic heterocycles. The highest BCUT2D eigenvalue weighted by molar-refractivity contribution is 7.89. The third-order valence-corrected chi connectivity index (χ3v) is 8.30. The fraction of sp³-hybridized carbons (Fsp3) is 0.214. The lowest BCUT2D eigenvalue weighted by molar-refractivity contribution is 0.340. The molecule has 0 saturated carbocycles. The Morgan fingerprint density at radius 3 is 2.38 bits per heavy atom. The van der Waals surface area contributed by atoms with Crippen molar-refractivity contribution in [2.75, 3.05) is 13.7 Å². The normalized spacial score (nSPS) is 15.6. The quantitative estimate of drug-likeness (QED) is 0.265. The molecule has 0 bridgehead atoms. The highest BCUT2D eigenvalue weighted by atomic mass is 35.5. The Labute approximate surface area is 221 Å². The number of aromatic nitrogens is 1. The van der Waals surface area contributed by atoms with E-state index < -0.39 is 16.1 Å². The topological polar surface area (TPSA) is 81.1 Å². The number of sulfonamides is 1. The molecule has 0 unspecified atom stereocenters. The Bertz CT molecular complexity index is 1590. The van der Waals surface area contributed by atoms with Gasteiger partial charge in [0.05, 0.1) is 35.9 Å². The summed E-state index contributed by atoms with van der Waals surface area (Å²) >= 11 is 6.69. The van der Waals surface area contributed by atoms with Crippen LogP contribution in [0.2, 0.25) is 5.15 Å². The number of benzene rings is 3. The number of hydrogen-bond donors (Lipinski definition) is 0. The molecular weight excluding hydrogens is 510 g/mol. The molecule has 1 atom stereocenters. The summed E-state index contributed by atoms with van der Waals surface area (Å²) in [6.45, 7) is 4.36. The van der Waals surface area contributed by atoms with E-state index in [1.807, 2.05) is 62.4 Å². The number of hydrazone groups is 1. The Morgan fingerprint density at radius 1 is 1.00 bits per heavy atom. The van der Waals surface area contributed by atoms with Gasteiger partial charge in [0, 0.05) is 23.4 Å². The summed E-state index contributed by atoms with van der Waals surface area (Å²) in [5, 5.41) is 5.67. The van der Waals surface area contributed by atoms with Crippen LogP contribution in [-0.2, 0) is 10.0 Å². The number of aryl methyl sites for hydroxylation is 1. The van der Waals surface area contributed by atoms with Crippen molar-refractivity contribution in [1.29, 1.82) is 0 Å². The van der Waals surface area contributed by atoms with Crippen LogP contribution in [0, 0.1) is 6.92 Å². The van der Waals surface area contributed by atoms with Crippen molar-refractivity contribution >= 4 is 38.2 Å². The summed E-state index contributed by atoms with van der Waals surface area (Å²) in [6.07, 6.45) is 0.335. The number of nitrogens with zero attached hydrogens (tertiary/aromatic N) is 3. The average molecular weight is 536 g/mol. The second-order valence-corrected chi connectivity index (χ2v) is 10.9. The first-order chi connectivity index (χ1) is 17.8. The van der Waals surface area contributed by atoms with Crippen LogP contribution in [0.4, 0.5) is 0 Å². The van der Waals surface area contributed by atoms with E-state index in [1.54, 1.807) is 31.4 Å². The molecule has 4 aromatic rings. The first kappa shape index (κ1) is 25.0. The Morgan fingerprint density at radius 2 is 1.70 bits per heavy atom. The van der Waals surface area contributed by atoms with Crippen LogP contribution in [-0.4, -0.2) is 37.2 Å². The van der Waals surface area contributed by atoms with Crippen LogP contribution in [0.15, 0.2) is 82.8 Å². The summed E-state index contributed by atoms with van der Waals surface area (Å²) in [5.74, 6) is 1.40. The Kier molecular flexibility index (Phi) is 6.79. The van der Waals surface area contributed by atoms with Gasteiger partial charge in [-0.15, -0.1) is 0 Å². The molecule has 2 heterocycles. The Hall–Kier alpha value is -3.62. The molecule has 3 aromatic carbocycles. The zero-order chi connectivity index (χ0) is 26.2. The van der Waals surface area contributed by atoms with Gasteiger partial charge in [-0.1, -0.05) is 29.3 Å². The van der Waals surface area contributed by atoms with Crippen molar-refractivity contribution in [1.82, 2.24) is 9.40 Å². The number of ether oxygens (including phenoxy) is 2. The predicted octanol–water partition coefficient (Wildman–Crippen LogP) is 6.14. The summed E-state index contributed by atoms with van der Waals surface area (Å²) in [6, 6.07) is 20.9. The van der Waals surface area contributed by atoms with Crippen molar-refractivity contribution in [2.24, 2.45) is 5.10 Å². The van der Waals surface area contributed by atoms with E-state index in [0.717, 1.165) is 16.5 Å². The minimum atomic E-state index is -3.98. The Balaban J connectivity index is 1.61. The lowest BCUT2D eigenvalue weighted by Crippen LogP contribution is -2.27. The van der Waals surface area contributed by atoms with E-state index in [0.29, 0.717) is 41.3 Å². The van der Waals surface area contributed by atoms with Gasteiger partial charge in [0.25, 0.3) is 10.0 Å². The third-order valence-electron chi connectivity index (χ3n) is 6.30. The maximum Gasteiger partial charge on any atom is 0.279 e. The standard InChI is InChI=1S/C28H26ClN3O4S/c1-4-36-22-12-9-20-15-24(28(29)30-25(20)16-22)27-17-26(19-7-10-21(35-3)11-8-19)31-32(27)37(33,34)23-13-5-18(2)6-14-23/h5-16,27H,4,17H2,1-3H3/t27-/m1/s1. The fourth-order valence-electron chi connectivity index (χ4n) is 4.35. The van der Waals surface area contributed by atoms with Crippen LogP contribution in [0.1, 0.15) is 36.1 Å². The molecule has 190 valence electrons. The number of fused-ring (bicyclic) bond motifs is 1. The first-order valence-electron chi connectivity index (χ1n) is 11.9. The van der Waals surface area contributed by atoms with Gasteiger partial charge in [0.1, 0.15) is 16.7 Å². The van der Waals surface area contributed by atoms with Gasteiger partial charge in [0.15, 0.2) is 0 Å². The van der Waals surface area contributed by atoms with E-state index in [2.05, 4.69) is 10.1 Å². The summed E-state index contributed by atoms with van der Waals surface area (Å²) < 4.78 is 39.7. The molecule has 0 spiro atoms. The molecule has 0 N–H and O–H groups in total. The minimum Gasteiger partial charge on any atom is -0.497 e. The average Bonchev–Trinajstić information content (AvgIpc) is 3.35. The molecule has 5 rings (SSSR count). The summed E-state index contributed by atoms with van der Waals surface area (Å²) in [5.41, 5.74) is 3.65. The molecule has 37 heavy (non-hydrogen) atoms. The van der Waals surface area contributed by atoms with Crippen LogP contribution < -0.4 is 9.47 Å². The number of rotatable bonds is 7. The van der Waals surface area contributed by atoms with Gasteiger partial charge in [-0.2, -0.15) is 17.9 Å². The zero-order valence-electron chi connectivity index (χ0n) is 20.7. The van der Waals surface area contributed by atoms with Crippen LogP contribution in [0.5, 0.6) is 11.5 Å². The molecule has 9 heteroatoms. The van der Waals surface area contributed by atoms with Gasteiger partial charge >= 0.3 is 0 Å². The molecular formula is C28H26ClN3O4S. The molecule has 1 aromatic heterocycles. The smallest absolute Gasteiger partial charge is 0.279 e. The molecule has 0 aliphatic carbocycles. The van der Waals surface area contributed by atoms with E-state index >= 15 is 0 Å². The second-order valence-electron chi connectivity index (χ2n) is 8.74. The molecule has 0 fully saturated rings. The minimum absolute atomic E-state index is 0.161.